The van der Waals surface area contributed by atoms with E-state index in [0.29, 0.717) is 44.2 Å². The number of carbonyl (C=O) groups is 3. The number of amides is 2. The average molecular weight is 404 g/mol. The number of hydrogen-bond acceptors (Lipinski definition) is 4. The lowest BCUT2D eigenvalue weighted by atomic mass is 9.74. The number of hydrogen-bond donors (Lipinski definition) is 1. The molecule has 5 rings (SSSR count). The number of rotatable bonds is 3. The second-order valence-corrected chi connectivity index (χ2v) is 8.45. The number of para-hydroxylation sites is 1. The van der Waals surface area contributed by atoms with Crippen molar-refractivity contribution in [1.29, 1.82) is 0 Å². The molecule has 0 bridgehead atoms. The Labute approximate surface area is 175 Å². The van der Waals surface area contributed by atoms with Crippen LogP contribution in [-0.4, -0.2) is 30.4 Å². The van der Waals surface area contributed by atoms with Gasteiger partial charge in [0.1, 0.15) is 5.60 Å². The van der Waals surface area contributed by atoms with Gasteiger partial charge in [0.15, 0.2) is 0 Å². The van der Waals surface area contributed by atoms with E-state index in [1.807, 2.05) is 48.5 Å². The Morgan fingerprint density at radius 3 is 2.47 bits per heavy atom. The van der Waals surface area contributed by atoms with Crippen molar-refractivity contribution in [2.45, 2.75) is 43.7 Å². The highest BCUT2D eigenvalue weighted by Gasteiger charge is 2.48. The lowest BCUT2D eigenvalue weighted by Gasteiger charge is -2.36. The molecule has 1 saturated heterocycles. The molecule has 2 aromatic rings. The van der Waals surface area contributed by atoms with E-state index in [1.54, 1.807) is 11.0 Å². The molecule has 1 spiro atoms. The van der Waals surface area contributed by atoms with Gasteiger partial charge in [0.2, 0.25) is 11.8 Å². The molecule has 1 aliphatic carbocycles. The fraction of sp³-hybridized carbons (Fsp3) is 0.375. The molecule has 2 aromatic carbocycles. The third-order valence-electron chi connectivity index (χ3n) is 6.63. The topological polar surface area (TPSA) is 75.7 Å². The van der Waals surface area contributed by atoms with Crippen LogP contribution in [0.3, 0.4) is 0 Å². The van der Waals surface area contributed by atoms with Crippen molar-refractivity contribution in [2.24, 2.45) is 5.92 Å². The summed E-state index contributed by atoms with van der Waals surface area (Å²) in [6, 6.07) is 16.9. The van der Waals surface area contributed by atoms with E-state index < -0.39 is 5.60 Å². The van der Waals surface area contributed by atoms with Crippen LogP contribution in [0.2, 0.25) is 0 Å². The van der Waals surface area contributed by atoms with E-state index in [9.17, 15) is 14.4 Å². The summed E-state index contributed by atoms with van der Waals surface area (Å²) < 4.78 is 5.78. The molecule has 6 nitrogen and oxygen atoms in total. The van der Waals surface area contributed by atoms with Gasteiger partial charge in [-0.05, 0) is 43.9 Å². The SMILES string of the molecule is O=C1O[C@]2(CC[C@H](C(=O)N[C@H]3CC(=O)N(c4ccccc4)C3)CC2)c2ccccc21. The van der Waals surface area contributed by atoms with Gasteiger partial charge in [0, 0.05) is 30.1 Å². The van der Waals surface area contributed by atoms with E-state index in [-0.39, 0.29) is 29.7 Å². The number of anilines is 1. The molecule has 2 amide bonds. The van der Waals surface area contributed by atoms with Gasteiger partial charge < -0.3 is 15.0 Å². The van der Waals surface area contributed by atoms with Crippen LogP contribution in [-0.2, 0) is 19.9 Å². The van der Waals surface area contributed by atoms with E-state index in [0.717, 1.165) is 11.3 Å². The lowest BCUT2D eigenvalue weighted by Crippen LogP contribution is -2.43. The number of ether oxygens (including phenoxy) is 1. The van der Waals surface area contributed by atoms with Crippen molar-refractivity contribution >= 4 is 23.5 Å². The molecule has 2 heterocycles. The van der Waals surface area contributed by atoms with E-state index in [2.05, 4.69) is 5.32 Å². The molecular weight excluding hydrogens is 380 g/mol. The minimum atomic E-state index is -0.585. The second-order valence-electron chi connectivity index (χ2n) is 8.45. The quantitative estimate of drug-likeness (QED) is 0.798. The van der Waals surface area contributed by atoms with Gasteiger partial charge in [0.25, 0.3) is 0 Å². The van der Waals surface area contributed by atoms with Crippen LogP contribution in [0.4, 0.5) is 5.69 Å². The first-order chi connectivity index (χ1) is 14.6. The third kappa shape index (κ3) is 3.16. The summed E-state index contributed by atoms with van der Waals surface area (Å²) in [4.78, 5) is 39.2. The first-order valence-corrected chi connectivity index (χ1v) is 10.5. The summed E-state index contributed by atoms with van der Waals surface area (Å²) in [5, 5.41) is 3.08. The van der Waals surface area contributed by atoms with Gasteiger partial charge in [-0.15, -0.1) is 0 Å². The molecule has 2 fully saturated rings. The van der Waals surface area contributed by atoms with Crippen molar-refractivity contribution in [3.05, 3.63) is 65.7 Å². The molecule has 6 heteroatoms. The summed E-state index contributed by atoms with van der Waals surface area (Å²) >= 11 is 0. The van der Waals surface area contributed by atoms with E-state index in [1.165, 1.54) is 0 Å². The Morgan fingerprint density at radius 2 is 1.70 bits per heavy atom. The molecule has 0 radical (unpaired) electrons. The van der Waals surface area contributed by atoms with Crippen LogP contribution >= 0.6 is 0 Å². The van der Waals surface area contributed by atoms with Gasteiger partial charge in [-0.2, -0.15) is 0 Å². The van der Waals surface area contributed by atoms with Crippen molar-refractivity contribution in [2.75, 3.05) is 11.4 Å². The zero-order chi connectivity index (χ0) is 20.7. The number of carbonyl (C=O) groups excluding carboxylic acids is 3. The van der Waals surface area contributed by atoms with Crippen LogP contribution < -0.4 is 10.2 Å². The van der Waals surface area contributed by atoms with Crippen LogP contribution in [0.15, 0.2) is 54.6 Å². The van der Waals surface area contributed by atoms with Crippen molar-refractivity contribution < 1.29 is 19.1 Å². The minimum Gasteiger partial charge on any atom is -0.451 e. The molecule has 0 unspecified atom stereocenters. The Balaban J connectivity index is 1.20. The van der Waals surface area contributed by atoms with Crippen molar-refractivity contribution in [1.82, 2.24) is 5.32 Å². The Morgan fingerprint density at radius 1 is 1.00 bits per heavy atom. The predicted molar refractivity (Wildman–Crippen MR) is 111 cm³/mol. The maximum atomic E-state index is 12.9. The normalized spacial score (nSPS) is 27.8. The molecule has 1 atom stereocenters. The first kappa shape index (κ1) is 18.9. The molecule has 1 saturated carbocycles. The van der Waals surface area contributed by atoms with Gasteiger partial charge in [-0.25, -0.2) is 4.79 Å². The van der Waals surface area contributed by atoms with Crippen molar-refractivity contribution in [3.63, 3.8) is 0 Å². The van der Waals surface area contributed by atoms with Crippen LogP contribution in [0.1, 0.15) is 48.0 Å². The maximum Gasteiger partial charge on any atom is 0.339 e. The summed E-state index contributed by atoms with van der Waals surface area (Å²) in [5.41, 5.74) is 1.87. The minimum absolute atomic E-state index is 0.00447. The first-order valence-electron chi connectivity index (χ1n) is 10.5. The van der Waals surface area contributed by atoms with Gasteiger partial charge in [-0.1, -0.05) is 36.4 Å². The molecule has 30 heavy (non-hydrogen) atoms. The molecule has 2 aliphatic heterocycles. The zero-order valence-corrected chi connectivity index (χ0v) is 16.7. The van der Waals surface area contributed by atoms with Gasteiger partial charge >= 0.3 is 5.97 Å². The van der Waals surface area contributed by atoms with Crippen LogP contribution in [0.25, 0.3) is 0 Å². The predicted octanol–water partition coefficient (Wildman–Crippen LogP) is 3.16. The highest BCUT2D eigenvalue weighted by Crippen LogP contribution is 2.48. The molecule has 3 aliphatic rings. The Kier molecular flexibility index (Phi) is 4.57. The number of nitrogens with zero attached hydrogens (tertiary/aromatic N) is 1. The lowest BCUT2D eigenvalue weighted by molar-refractivity contribution is -0.128. The standard InChI is InChI=1S/C24H24N2O4/c27-21-14-17(15-26(21)18-6-2-1-3-7-18)25-22(28)16-10-12-24(13-11-16)20-9-5-4-8-19(20)23(29)30-24/h1-9,16-17H,10-15H2,(H,25,28)/t16-,17-,24-/m0/s1. The third-order valence-corrected chi connectivity index (χ3v) is 6.63. The number of esters is 1. The highest BCUT2D eigenvalue weighted by atomic mass is 16.6. The molecule has 1 N–H and O–H groups in total. The Hall–Kier alpha value is -3.15. The summed E-state index contributed by atoms with van der Waals surface area (Å²) in [6.45, 7) is 0.496. The fourth-order valence-electron chi connectivity index (χ4n) is 5.04. The second kappa shape index (κ2) is 7.27. The van der Waals surface area contributed by atoms with E-state index in [4.69, 9.17) is 4.74 Å². The molecular formula is C24H24N2O4. The monoisotopic (exact) mass is 404 g/mol. The summed E-state index contributed by atoms with van der Waals surface area (Å²) in [7, 11) is 0. The summed E-state index contributed by atoms with van der Waals surface area (Å²) in [5.74, 6) is -0.360. The molecule has 154 valence electrons. The highest BCUT2D eigenvalue weighted by molar-refractivity contribution is 5.97. The zero-order valence-electron chi connectivity index (χ0n) is 16.7. The van der Waals surface area contributed by atoms with Gasteiger partial charge in [-0.3, -0.25) is 9.59 Å². The smallest absolute Gasteiger partial charge is 0.339 e. The average Bonchev–Trinajstić information content (AvgIpc) is 3.27. The largest absolute Gasteiger partial charge is 0.451 e. The van der Waals surface area contributed by atoms with Crippen LogP contribution in [0, 0.1) is 5.92 Å². The maximum absolute atomic E-state index is 12.9. The summed E-state index contributed by atoms with van der Waals surface area (Å²) in [6.07, 6.45) is 2.94. The van der Waals surface area contributed by atoms with Gasteiger partial charge in [0.05, 0.1) is 11.6 Å². The fourth-order valence-corrected chi connectivity index (χ4v) is 5.04. The molecule has 0 aromatic heterocycles. The van der Waals surface area contributed by atoms with E-state index >= 15 is 0 Å². The Bertz CT molecular complexity index is 995. The number of benzene rings is 2. The van der Waals surface area contributed by atoms with Crippen molar-refractivity contribution in [3.8, 4) is 0 Å². The number of fused-ring (bicyclic) bond motifs is 2. The van der Waals surface area contributed by atoms with Crippen LogP contribution in [0.5, 0.6) is 0 Å². The number of nitrogens with one attached hydrogen (secondary N) is 1.